The minimum Gasteiger partial charge on any atom is -0.473 e. The van der Waals surface area contributed by atoms with Crippen LogP contribution in [0.5, 0.6) is 5.88 Å². The van der Waals surface area contributed by atoms with Gasteiger partial charge in [0, 0.05) is 24.4 Å². The van der Waals surface area contributed by atoms with Crippen molar-refractivity contribution >= 4 is 5.91 Å². The molecule has 5 aromatic rings. The Morgan fingerprint density at radius 1 is 0.956 bits per heavy atom. The third kappa shape index (κ3) is 5.89. The monoisotopic (exact) mass is 598 g/mol. The van der Waals surface area contributed by atoms with Crippen LogP contribution >= 0.6 is 0 Å². The number of nitrogens with zero attached hydrogens (tertiary/aromatic N) is 3. The van der Waals surface area contributed by atoms with Gasteiger partial charge < -0.3 is 19.7 Å². The van der Waals surface area contributed by atoms with Crippen molar-refractivity contribution in [3.8, 4) is 17.0 Å². The lowest BCUT2D eigenvalue weighted by Crippen LogP contribution is -2.36. The van der Waals surface area contributed by atoms with E-state index in [1.165, 1.54) is 0 Å². The molecule has 226 valence electrons. The molecule has 1 unspecified atom stereocenters. The number of aromatic nitrogens is 3. The largest absolute Gasteiger partial charge is 0.473 e. The molecule has 1 fully saturated rings. The highest BCUT2D eigenvalue weighted by atomic mass is 16.5. The Morgan fingerprint density at radius 2 is 1.73 bits per heavy atom. The minimum absolute atomic E-state index is 0.111. The predicted molar refractivity (Wildman–Crippen MR) is 170 cm³/mol. The Hall–Kier alpha value is -5.08. The average molecular weight is 599 g/mol. The Balaban J connectivity index is 1.05. The van der Waals surface area contributed by atoms with Crippen LogP contribution in [0.2, 0.25) is 0 Å². The van der Waals surface area contributed by atoms with Crippen LogP contribution in [0.1, 0.15) is 59.1 Å². The molecule has 1 aliphatic heterocycles. The highest BCUT2D eigenvalue weighted by Crippen LogP contribution is 2.52. The number of aliphatic hydroxyl groups excluding tert-OH is 1. The highest BCUT2D eigenvalue weighted by Gasteiger charge is 2.48. The van der Waals surface area contributed by atoms with E-state index in [4.69, 9.17) is 9.72 Å². The maximum absolute atomic E-state index is 13.6. The van der Waals surface area contributed by atoms with Crippen molar-refractivity contribution in [2.45, 2.75) is 50.4 Å². The number of hydrogen-bond acceptors (Lipinski definition) is 6. The van der Waals surface area contributed by atoms with E-state index in [2.05, 4.69) is 22.1 Å². The van der Waals surface area contributed by atoms with Crippen LogP contribution in [0.15, 0.2) is 108 Å². The van der Waals surface area contributed by atoms with Crippen molar-refractivity contribution in [2.24, 2.45) is 0 Å². The van der Waals surface area contributed by atoms with Crippen LogP contribution in [-0.2, 0) is 29.8 Å². The number of aryl methyl sites for hydroxylation is 1. The fourth-order valence-corrected chi connectivity index (χ4v) is 6.15. The number of carbonyl (C=O) groups is 1. The zero-order valence-corrected chi connectivity index (χ0v) is 24.9. The fraction of sp³-hybridized carbons (Fsp3) is 0.243. The molecule has 1 aliphatic carbocycles. The lowest BCUT2D eigenvalue weighted by molar-refractivity contribution is -0.141. The Labute approximate surface area is 261 Å². The van der Waals surface area contributed by atoms with Gasteiger partial charge in [-0.05, 0) is 60.1 Å². The van der Waals surface area contributed by atoms with Crippen LogP contribution in [-0.4, -0.2) is 37.4 Å². The number of aromatic amines is 1. The van der Waals surface area contributed by atoms with E-state index in [1.807, 2.05) is 72.8 Å². The summed E-state index contributed by atoms with van der Waals surface area (Å²) in [6.07, 6.45) is 3.49. The lowest BCUT2D eigenvalue weighted by atomic mass is 9.94. The number of pyridine rings is 1. The van der Waals surface area contributed by atoms with E-state index in [0.29, 0.717) is 48.8 Å². The second kappa shape index (κ2) is 12.1. The van der Waals surface area contributed by atoms with E-state index in [-0.39, 0.29) is 17.5 Å². The van der Waals surface area contributed by atoms with Gasteiger partial charge in [0.2, 0.25) is 5.88 Å². The lowest BCUT2D eigenvalue weighted by Gasteiger charge is -2.24. The number of benzene rings is 3. The molecule has 1 atom stereocenters. The molecule has 2 N–H and O–H groups in total. The van der Waals surface area contributed by atoms with Crippen LogP contribution < -0.4 is 10.3 Å². The number of rotatable bonds is 8. The van der Waals surface area contributed by atoms with Gasteiger partial charge in [0.1, 0.15) is 12.4 Å². The summed E-state index contributed by atoms with van der Waals surface area (Å²) in [6.45, 7) is 0.967. The molecule has 2 aromatic heterocycles. The number of fused-ring (bicyclic) bond motifs is 1. The summed E-state index contributed by atoms with van der Waals surface area (Å²) in [4.78, 5) is 41.0. The first-order valence-corrected chi connectivity index (χ1v) is 15.4. The van der Waals surface area contributed by atoms with Crippen molar-refractivity contribution < 1.29 is 14.6 Å². The molecule has 8 heteroatoms. The number of hydrogen-bond donors (Lipinski definition) is 2. The summed E-state index contributed by atoms with van der Waals surface area (Å²) in [5, 5.41) is 11.2. The number of carbonyl (C=O) groups excluding carboxylic acids is 1. The van der Waals surface area contributed by atoms with E-state index in [9.17, 15) is 14.7 Å². The summed E-state index contributed by atoms with van der Waals surface area (Å²) in [6, 6.07) is 31.1. The average Bonchev–Trinajstić information content (AvgIpc) is 3.93. The molecular weight excluding hydrogens is 564 g/mol. The van der Waals surface area contributed by atoms with Gasteiger partial charge in [-0.1, -0.05) is 78.9 Å². The van der Waals surface area contributed by atoms with Crippen molar-refractivity contribution in [1.82, 2.24) is 19.9 Å². The van der Waals surface area contributed by atoms with Crippen LogP contribution in [0.25, 0.3) is 11.1 Å². The van der Waals surface area contributed by atoms with Gasteiger partial charge in [0.15, 0.2) is 6.10 Å². The molecular formula is C37H34N4O4. The third-order valence-corrected chi connectivity index (χ3v) is 8.87. The third-order valence-electron chi connectivity index (χ3n) is 8.87. The maximum atomic E-state index is 13.6. The molecule has 7 rings (SSSR count). The molecule has 0 spiro atoms. The van der Waals surface area contributed by atoms with Crippen LogP contribution in [0, 0.1) is 0 Å². The minimum atomic E-state index is -1.37. The van der Waals surface area contributed by atoms with Crippen molar-refractivity contribution in [1.29, 1.82) is 0 Å². The smallest absolute Gasteiger partial charge is 0.256 e. The fourth-order valence-electron chi connectivity index (χ4n) is 6.15. The number of amides is 1. The number of aliphatic hydroxyl groups is 1. The van der Waals surface area contributed by atoms with Crippen LogP contribution in [0.4, 0.5) is 0 Å². The summed E-state index contributed by atoms with van der Waals surface area (Å²) < 4.78 is 5.80. The summed E-state index contributed by atoms with van der Waals surface area (Å²) >= 11 is 0. The van der Waals surface area contributed by atoms with Gasteiger partial charge in [-0.3, -0.25) is 9.59 Å². The van der Waals surface area contributed by atoms with Gasteiger partial charge in [0.05, 0.1) is 23.2 Å². The molecule has 8 nitrogen and oxygen atoms in total. The molecule has 2 aliphatic rings. The summed E-state index contributed by atoms with van der Waals surface area (Å²) in [5.74, 6) is 0.785. The maximum Gasteiger partial charge on any atom is 0.256 e. The molecule has 1 saturated carbocycles. The quantitative estimate of drug-likeness (QED) is 0.244. The Kier molecular flexibility index (Phi) is 7.73. The topological polar surface area (TPSA) is 108 Å². The second-order valence-corrected chi connectivity index (χ2v) is 11.8. The van der Waals surface area contributed by atoms with Gasteiger partial charge in [0.25, 0.3) is 11.5 Å². The van der Waals surface area contributed by atoms with Crippen molar-refractivity contribution in [3.05, 3.63) is 147 Å². The van der Waals surface area contributed by atoms with E-state index < -0.39 is 12.0 Å². The SMILES string of the molecule is O=C(C(O)c1cccc(-c2ccc(OCc3ccccc3)nc2)c1)N1CCCc2nc(C3(c4ccccc4)CC3)[nH]c(=O)c2C1. The predicted octanol–water partition coefficient (Wildman–Crippen LogP) is 5.50. The van der Waals surface area contributed by atoms with Crippen molar-refractivity contribution in [3.63, 3.8) is 0 Å². The zero-order chi connectivity index (χ0) is 30.8. The zero-order valence-electron chi connectivity index (χ0n) is 24.9. The van der Waals surface area contributed by atoms with Gasteiger partial charge in [-0.2, -0.15) is 0 Å². The molecule has 0 saturated heterocycles. The summed E-state index contributed by atoms with van der Waals surface area (Å²) in [5.41, 5.74) is 5.14. The van der Waals surface area contributed by atoms with Gasteiger partial charge in [-0.15, -0.1) is 0 Å². The second-order valence-electron chi connectivity index (χ2n) is 11.8. The van der Waals surface area contributed by atoms with E-state index in [1.54, 1.807) is 23.2 Å². The standard InChI is InChI=1S/C37H34N4O4/c42-33(27-12-7-11-26(21-27)28-16-17-32(38-22-28)45-24-25-9-3-1-4-10-25)35(44)41-20-8-15-31-30(23-41)34(43)40-36(39-31)37(18-19-37)29-13-5-2-6-14-29/h1-7,9-14,16-17,21-22,33,42H,8,15,18-20,23-24H2,(H,39,40,43). The van der Waals surface area contributed by atoms with E-state index >= 15 is 0 Å². The molecule has 1 amide bonds. The molecule has 45 heavy (non-hydrogen) atoms. The molecule has 3 aromatic carbocycles. The number of nitrogens with one attached hydrogen (secondary N) is 1. The highest BCUT2D eigenvalue weighted by molar-refractivity contribution is 5.82. The normalized spacial score (nSPS) is 15.9. The molecule has 0 bridgehead atoms. The molecule has 3 heterocycles. The first-order chi connectivity index (χ1) is 22.0. The van der Waals surface area contributed by atoms with Gasteiger partial charge >= 0.3 is 0 Å². The Bertz CT molecular complexity index is 1870. The first kappa shape index (κ1) is 28.7. The summed E-state index contributed by atoms with van der Waals surface area (Å²) in [7, 11) is 0. The Morgan fingerprint density at radius 3 is 2.47 bits per heavy atom. The van der Waals surface area contributed by atoms with E-state index in [0.717, 1.165) is 40.8 Å². The van der Waals surface area contributed by atoms with Crippen molar-refractivity contribution in [2.75, 3.05) is 6.54 Å². The molecule has 0 radical (unpaired) electrons. The number of H-pyrrole nitrogens is 1. The number of ether oxygens (including phenoxy) is 1. The first-order valence-electron chi connectivity index (χ1n) is 15.4. The van der Waals surface area contributed by atoms with Crippen LogP contribution in [0.3, 0.4) is 0 Å². The van der Waals surface area contributed by atoms with Gasteiger partial charge in [-0.25, -0.2) is 9.97 Å².